The molecule has 0 saturated carbocycles. The van der Waals surface area contributed by atoms with Gasteiger partial charge in [0.15, 0.2) is 0 Å². The van der Waals surface area contributed by atoms with Crippen LogP contribution in [0.1, 0.15) is 43.0 Å². The zero-order chi connectivity index (χ0) is 19.6. The molecule has 0 bridgehead atoms. The Balaban J connectivity index is 1.93. The molecule has 0 unspecified atom stereocenters. The second kappa shape index (κ2) is 10.1. The summed E-state index contributed by atoms with van der Waals surface area (Å²) in [4.78, 5) is 39.6. The van der Waals surface area contributed by atoms with Crippen LogP contribution in [-0.2, 0) is 16.1 Å². The van der Waals surface area contributed by atoms with Crippen LogP contribution < -0.4 is 10.6 Å². The third-order valence-electron chi connectivity index (χ3n) is 4.01. The number of amides is 2. The number of anilines is 1. The number of unbranched alkanes of at least 4 members (excludes halogenated alkanes) is 1. The van der Waals surface area contributed by atoms with Gasteiger partial charge in [-0.2, -0.15) is 0 Å². The van der Waals surface area contributed by atoms with Gasteiger partial charge in [0.25, 0.3) is 5.91 Å². The topological polar surface area (TPSA) is 113 Å². The minimum atomic E-state index is -1.05. The number of benzene rings is 1. The number of rotatable bonds is 10. The number of carboxylic acids is 1. The molecule has 2 amide bonds. The Bertz CT molecular complexity index is 774. The van der Waals surface area contributed by atoms with E-state index >= 15 is 0 Å². The quantitative estimate of drug-likeness (QED) is 0.592. The minimum Gasteiger partial charge on any atom is -0.480 e. The van der Waals surface area contributed by atoms with E-state index in [1.165, 1.54) is 6.07 Å². The summed E-state index contributed by atoms with van der Waals surface area (Å²) in [7, 11) is 0. The average molecular weight is 372 g/mol. The lowest BCUT2D eigenvalue weighted by atomic mass is 10.1. The normalized spacial score (nSPS) is 11.6. The summed E-state index contributed by atoms with van der Waals surface area (Å²) >= 11 is 0. The fourth-order valence-electron chi connectivity index (χ4n) is 2.52. The molecule has 0 aliphatic carbocycles. The number of carbonyl (C=O) groups is 3. The molecule has 0 aliphatic rings. The summed E-state index contributed by atoms with van der Waals surface area (Å²) in [5.41, 5.74) is 0.781. The molecule has 0 radical (unpaired) electrons. The number of imidazole rings is 1. The van der Waals surface area contributed by atoms with E-state index in [0.717, 1.165) is 6.42 Å². The Morgan fingerprint density at radius 2 is 2.11 bits per heavy atom. The number of carbonyl (C=O) groups excluding carboxylic acids is 2. The van der Waals surface area contributed by atoms with Gasteiger partial charge in [0.2, 0.25) is 5.91 Å². The molecule has 2 rings (SSSR count). The molecule has 3 N–H and O–H groups in total. The van der Waals surface area contributed by atoms with E-state index in [1.807, 2.05) is 6.92 Å². The molecule has 27 heavy (non-hydrogen) atoms. The smallest absolute Gasteiger partial charge is 0.326 e. The molecule has 1 aromatic heterocycles. The zero-order valence-electron chi connectivity index (χ0n) is 15.2. The monoisotopic (exact) mass is 372 g/mol. The van der Waals surface area contributed by atoms with E-state index in [9.17, 15) is 19.5 Å². The lowest BCUT2D eigenvalue weighted by Gasteiger charge is -2.14. The molecule has 0 saturated heterocycles. The Morgan fingerprint density at radius 3 is 2.78 bits per heavy atom. The van der Waals surface area contributed by atoms with Crippen molar-refractivity contribution in [2.24, 2.45) is 0 Å². The largest absolute Gasteiger partial charge is 0.480 e. The van der Waals surface area contributed by atoms with Gasteiger partial charge in [-0.25, -0.2) is 9.78 Å². The highest BCUT2D eigenvalue weighted by atomic mass is 16.4. The van der Waals surface area contributed by atoms with E-state index < -0.39 is 17.9 Å². The fraction of sp³-hybridized carbons (Fsp3) is 0.368. The number of aromatic nitrogens is 2. The predicted octanol–water partition coefficient (Wildman–Crippen LogP) is 2.29. The summed E-state index contributed by atoms with van der Waals surface area (Å²) in [6.45, 7) is 2.46. The molecular weight excluding hydrogens is 348 g/mol. The van der Waals surface area contributed by atoms with Crippen LogP contribution in [0.2, 0.25) is 0 Å². The highest BCUT2D eigenvalue weighted by Crippen LogP contribution is 2.12. The number of hydrogen-bond acceptors (Lipinski definition) is 4. The molecular formula is C19H24N4O4. The van der Waals surface area contributed by atoms with E-state index in [1.54, 1.807) is 41.5 Å². The number of nitrogens with zero attached hydrogens (tertiary/aromatic N) is 2. The first-order valence-electron chi connectivity index (χ1n) is 8.89. The lowest BCUT2D eigenvalue weighted by molar-refractivity contribution is -0.139. The van der Waals surface area contributed by atoms with Crippen molar-refractivity contribution in [2.75, 3.05) is 5.32 Å². The van der Waals surface area contributed by atoms with Gasteiger partial charge in [-0.15, -0.1) is 0 Å². The van der Waals surface area contributed by atoms with E-state index in [2.05, 4.69) is 15.6 Å². The second-order valence-electron chi connectivity index (χ2n) is 6.19. The fourth-order valence-corrected chi connectivity index (χ4v) is 2.52. The highest BCUT2D eigenvalue weighted by molar-refractivity contribution is 5.98. The highest BCUT2D eigenvalue weighted by Gasteiger charge is 2.20. The third-order valence-corrected chi connectivity index (χ3v) is 4.01. The van der Waals surface area contributed by atoms with Gasteiger partial charge in [-0.05, 0) is 24.6 Å². The van der Waals surface area contributed by atoms with Gasteiger partial charge in [0, 0.05) is 36.6 Å². The van der Waals surface area contributed by atoms with Gasteiger partial charge in [-0.3, -0.25) is 9.59 Å². The van der Waals surface area contributed by atoms with Crippen LogP contribution in [0.4, 0.5) is 5.69 Å². The summed E-state index contributed by atoms with van der Waals surface area (Å²) in [5.74, 6) is -1.72. The van der Waals surface area contributed by atoms with E-state index in [4.69, 9.17) is 0 Å². The number of hydrogen-bond donors (Lipinski definition) is 3. The molecule has 144 valence electrons. The number of nitrogens with one attached hydrogen (secondary N) is 2. The van der Waals surface area contributed by atoms with Crippen LogP contribution in [-0.4, -0.2) is 38.5 Å². The van der Waals surface area contributed by atoms with Crippen LogP contribution >= 0.6 is 0 Å². The van der Waals surface area contributed by atoms with Crippen molar-refractivity contribution in [2.45, 2.75) is 45.2 Å². The molecule has 0 fully saturated rings. The second-order valence-corrected chi connectivity index (χ2v) is 6.19. The third kappa shape index (κ3) is 6.58. The van der Waals surface area contributed by atoms with Crippen LogP contribution in [0, 0.1) is 0 Å². The first kappa shape index (κ1) is 20.2. The molecule has 2 aromatic rings. The number of aryl methyl sites for hydroxylation is 1. The maximum atomic E-state index is 12.3. The van der Waals surface area contributed by atoms with Crippen molar-refractivity contribution in [3.8, 4) is 0 Å². The van der Waals surface area contributed by atoms with Crippen LogP contribution in [0.3, 0.4) is 0 Å². The van der Waals surface area contributed by atoms with E-state index in [0.29, 0.717) is 30.6 Å². The summed E-state index contributed by atoms with van der Waals surface area (Å²) in [5, 5.41) is 14.5. The molecule has 1 aromatic carbocycles. The van der Waals surface area contributed by atoms with Crippen molar-refractivity contribution in [1.29, 1.82) is 0 Å². The molecule has 8 heteroatoms. The van der Waals surface area contributed by atoms with Gasteiger partial charge < -0.3 is 20.3 Å². The van der Waals surface area contributed by atoms with E-state index in [-0.39, 0.29) is 12.3 Å². The first-order chi connectivity index (χ1) is 13.0. The maximum absolute atomic E-state index is 12.3. The van der Waals surface area contributed by atoms with Gasteiger partial charge in [0.1, 0.15) is 6.04 Å². The predicted molar refractivity (Wildman–Crippen MR) is 100 cm³/mol. The van der Waals surface area contributed by atoms with Crippen molar-refractivity contribution in [3.05, 3.63) is 48.5 Å². The zero-order valence-corrected chi connectivity index (χ0v) is 15.2. The molecule has 1 heterocycles. The summed E-state index contributed by atoms with van der Waals surface area (Å²) in [6, 6.07) is 5.50. The van der Waals surface area contributed by atoms with Crippen molar-refractivity contribution < 1.29 is 19.5 Å². The maximum Gasteiger partial charge on any atom is 0.326 e. The van der Waals surface area contributed by atoms with Gasteiger partial charge in [0.05, 0.1) is 6.33 Å². The Hall–Kier alpha value is -3.16. The first-order valence-corrected chi connectivity index (χ1v) is 8.89. The Kier molecular flexibility index (Phi) is 7.54. The Morgan fingerprint density at radius 1 is 1.30 bits per heavy atom. The lowest BCUT2D eigenvalue weighted by Crippen LogP contribution is -2.40. The summed E-state index contributed by atoms with van der Waals surface area (Å²) < 4.78 is 1.80. The van der Waals surface area contributed by atoms with Gasteiger partial charge in [-0.1, -0.05) is 25.8 Å². The SMILES string of the molecule is CCCC[C@H](NC(=O)c1cccc(NC(=O)CCn2ccnc2)c1)C(=O)O. The minimum absolute atomic E-state index is 0.187. The average Bonchev–Trinajstić information content (AvgIpc) is 3.17. The van der Waals surface area contributed by atoms with Crippen molar-refractivity contribution in [1.82, 2.24) is 14.9 Å². The van der Waals surface area contributed by atoms with Gasteiger partial charge >= 0.3 is 5.97 Å². The molecule has 0 aliphatic heterocycles. The van der Waals surface area contributed by atoms with Crippen LogP contribution in [0.25, 0.3) is 0 Å². The molecule has 1 atom stereocenters. The molecule has 8 nitrogen and oxygen atoms in total. The number of carboxylic acid groups (broad SMARTS) is 1. The Labute approximate surface area is 157 Å². The number of aliphatic carboxylic acids is 1. The standard InChI is InChI=1S/C19H24N4O4/c1-2-3-7-16(19(26)27)22-18(25)14-5-4-6-15(12-14)21-17(24)8-10-23-11-9-20-13-23/h4-6,9,11-13,16H,2-3,7-8,10H2,1H3,(H,21,24)(H,22,25)(H,26,27)/t16-/m0/s1. The summed E-state index contributed by atoms with van der Waals surface area (Å²) in [6.07, 6.45) is 7.26. The van der Waals surface area contributed by atoms with Crippen molar-refractivity contribution in [3.63, 3.8) is 0 Å². The van der Waals surface area contributed by atoms with Crippen LogP contribution in [0.15, 0.2) is 43.0 Å². The molecule has 0 spiro atoms. The van der Waals surface area contributed by atoms with Crippen LogP contribution in [0.5, 0.6) is 0 Å². The van der Waals surface area contributed by atoms with Crippen molar-refractivity contribution >= 4 is 23.5 Å².